The van der Waals surface area contributed by atoms with Gasteiger partial charge in [0.05, 0.1) is 28.2 Å². The number of amides is 1. The molecule has 10 heteroatoms. The van der Waals surface area contributed by atoms with Gasteiger partial charge in [0.2, 0.25) is 0 Å². The monoisotopic (exact) mass is 439 g/mol. The fraction of sp³-hybridized carbons (Fsp3) is 0.190. The van der Waals surface area contributed by atoms with Gasteiger partial charge in [-0.2, -0.15) is 0 Å². The highest BCUT2D eigenvalue weighted by Gasteiger charge is 2.19. The first-order valence-corrected chi connectivity index (χ1v) is 11.5. The van der Waals surface area contributed by atoms with Crippen LogP contribution in [0, 0.1) is 0 Å². The van der Waals surface area contributed by atoms with Crippen LogP contribution < -0.4 is 11.3 Å². The van der Waals surface area contributed by atoms with E-state index < -0.39 is 9.84 Å². The van der Waals surface area contributed by atoms with Gasteiger partial charge in [0.15, 0.2) is 5.69 Å². The number of nitrogens with one attached hydrogen (secondary N) is 2. The van der Waals surface area contributed by atoms with E-state index in [1.807, 2.05) is 12.1 Å². The number of nitrogen functional groups attached to an aromatic ring is 1. The number of carbonyl (C=O) groups is 1. The quantitative estimate of drug-likeness (QED) is 0.433. The Labute approximate surface area is 177 Å². The van der Waals surface area contributed by atoms with Crippen LogP contribution in [0.15, 0.2) is 47.3 Å². The maximum Gasteiger partial charge on any atom is 0.276 e. The Bertz CT molecular complexity index is 1490. The first kappa shape index (κ1) is 20.6. The molecule has 4 aromatic rings. The predicted molar refractivity (Wildman–Crippen MR) is 121 cm³/mol. The Hall–Kier alpha value is -3.66. The van der Waals surface area contributed by atoms with Crippen molar-refractivity contribution in [2.75, 3.05) is 31.3 Å². The molecular weight excluding hydrogens is 418 g/mol. The second kappa shape index (κ2) is 7.55. The lowest BCUT2D eigenvalue weighted by Gasteiger charge is -2.16. The molecule has 0 saturated carbocycles. The van der Waals surface area contributed by atoms with Crippen LogP contribution >= 0.6 is 0 Å². The van der Waals surface area contributed by atoms with Crippen molar-refractivity contribution in [2.24, 2.45) is 0 Å². The van der Waals surface area contributed by atoms with Crippen molar-refractivity contribution in [1.29, 1.82) is 0 Å². The van der Waals surface area contributed by atoms with Gasteiger partial charge in [0, 0.05) is 36.3 Å². The van der Waals surface area contributed by atoms with E-state index >= 15 is 0 Å². The van der Waals surface area contributed by atoms with Crippen LogP contribution in [-0.2, 0) is 9.84 Å². The molecule has 0 aliphatic carbocycles. The van der Waals surface area contributed by atoms with Gasteiger partial charge in [-0.25, -0.2) is 13.4 Å². The first-order chi connectivity index (χ1) is 14.6. The number of para-hydroxylation sites is 2. The van der Waals surface area contributed by atoms with Gasteiger partial charge in [-0.05, 0) is 30.3 Å². The summed E-state index contributed by atoms with van der Waals surface area (Å²) in [7, 11) is -1.64. The van der Waals surface area contributed by atoms with Crippen LogP contribution in [0.2, 0.25) is 0 Å². The third kappa shape index (κ3) is 4.02. The average molecular weight is 439 g/mol. The lowest BCUT2D eigenvalue weighted by atomic mass is 10.1. The summed E-state index contributed by atoms with van der Waals surface area (Å²) in [5.74, 6) is -0.445. The summed E-state index contributed by atoms with van der Waals surface area (Å²) >= 11 is 0. The molecule has 0 saturated heterocycles. The van der Waals surface area contributed by atoms with E-state index in [1.165, 1.54) is 4.90 Å². The zero-order chi connectivity index (χ0) is 22.3. The van der Waals surface area contributed by atoms with Gasteiger partial charge >= 0.3 is 0 Å². The molecule has 1 amide bonds. The SMILES string of the molecule is CN(CCS(C)(=O)=O)C(=O)c1ccc2[nH]c(-c3nc4ccccc4[nH]c3=O)c(N)c2c1. The molecule has 31 heavy (non-hydrogen) atoms. The van der Waals surface area contributed by atoms with E-state index in [4.69, 9.17) is 5.73 Å². The Kier molecular flexibility index (Phi) is 5.02. The molecule has 160 valence electrons. The van der Waals surface area contributed by atoms with E-state index in [0.29, 0.717) is 38.9 Å². The van der Waals surface area contributed by atoms with Crippen LogP contribution in [0.4, 0.5) is 5.69 Å². The number of fused-ring (bicyclic) bond motifs is 2. The maximum absolute atomic E-state index is 12.7. The highest BCUT2D eigenvalue weighted by Crippen LogP contribution is 2.31. The molecule has 4 rings (SSSR count). The maximum atomic E-state index is 12.7. The van der Waals surface area contributed by atoms with Gasteiger partial charge in [0.25, 0.3) is 11.5 Å². The fourth-order valence-corrected chi connectivity index (χ4v) is 3.96. The summed E-state index contributed by atoms with van der Waals surface area (Å²) in [6.45, 7) is 0.0833. The largest absolute Gasteiger partial charge is 0.396 e. The fourth-order valence-electron chi connectivity index (χ4n) is 3.36. The molecule has 0 aliphatic rings. The number of hydrogen-bond acceptors (Lipinski definition) is 6. The highest BCUT2D eigenvalue weighted by molar-refractivity contribution is 7.90. The zero-order valence-corrected chi connectivity index (χ0v) is 17.8. The smallest absolute Gasteiger partial charge is 0.276 e. The van der Waals surface area contributed by atoms with Crippen molar-refractivity contribution in [3.8, 4) is 11.4 Å². The number of rotatable bonds is 5. The van der Waals surface area contributed by atoms with Gasteiger partial charge in [-0.15, -0.1) is 0 Å². The minimum Gasteiger partial charge on any atom is -0.396 e. The van der Waals surface area contributed by atoms with Crippen molar-refractivity contribution in [3.05, 3.63) is 58.4 Å². The van der Waals surface area contributed by atoms with Crippen LogP contribution in [-0.4, -0.2) is 59.8 Å². The van der Waals surface area contributed by atoms with E-state index in [1.54, 1.807) is 37.4 Å². The topological polar surface area (TPSA) is 142 Å². The van der Waals surface area contributed by atoms with Crippen molar-refractivity contribution < 1.29 is 13.2 Å². The van der Waals surface area contributed by atoms with Crippen molar-refractivity contribution in [3.63, 3.8) is 0 Å². The molecule has 0 radical (unpaired) electrons. The number of sulfone groups is 1. The van der Waals surface area contributed by atoms with Crippen molar-refractivity contribution in [1.82, 2.24) is 19.9 Å². The molecule has 0 aliphatic heterocycles. The second-order valence-corrected chi connectivity index (χ2v) is 9.72. The lowest BCUT2D eigenvalue weighted by Crippen LogP contribution is -2.31. The summed E-state index contributed by atoms with van der Waals surface area (Å²) in [6, 6.07) is 12.1. The van der Waals surface area contributed by atoms with Crippen molar-refractivity contribution >= 4 is 43.4 Å². The molecule has 9 nitrogen and oxygen atoms in total. The van der Waals surface area contributed by atoms with Crippen molar-refractivity contribution in [2.45, 2.75) is 0 Å². The molecule has 2 heterocycles. The highest BCUT2D eigenvalue weighted by atomic mass is 32.2. The third-order valence-electron chi connectivity index (χ3n) is 5.07. The Balaban J connectivity index is 1.73. The Morgan fingerprint density at radius 1 is 1.13 bits per heavy atom. The third-order valence-corrected chi connectivity index (χ3v) is 5.99. The standard InChI is InChI=1S/C21H21N5O4S/c1-26(9-10-31(2,29)30)21(28)12-7-8-14-13(11-12)17(22)18(23-14)19-20(27)25-16-6-4-3-5-15(16)24-19/h3-8,11,23H,9-10,22H2,1-2H3,(H,25,27). The number of H-pyrrole nitrogens is 2. The second-order valence-electron chi connectivity index (χ2n) is 7.46. The van der Waals surface area contributed by atoms with Crippen LogP contribution in [0.1, 0.15) is 10.4 Å². The normalized spacial score (nSPS) is 11.8. The summed E-state index contributed by atoms with van der Waals surface area (Å²) in [4.78, 5) is 37.0. The number of aromatic nitrogens is 3. The number of nitrogens with zero attached hydrogens (tertiary/aromatic N) is 2. The number of aromatic amines is 2. The number of anilines is 1. The van der Waals surface area contributed by atoms with Gasteiger partial charge in [-0.3, -0.25) is 9.59 Å². The number of hydrogen-bond donors (Lipinski definition) is 3. The van der Waals surface area contributed by atoms with E-state index in [9.17, 15) is 18.0 Å². The van der Waals surface area contributed by atoms with E-state index in [-0.39, 0.29) is 29.5 Å². The predicted octanol–water partition coefficient (Wildman–Crippen LogP) is 1.77. The molecule has 0 unspecified atom stereocenters. The molecule has 0 bridgehead atoms. The Morgan fingerprint density at radius 2 is 1.87 bits per heavy atom. The van der Waals surface area contributed by atoms with Crippen LogP contribution in [0.3, 0.4) is 0 Å². The summed E-state index contributed by atoms with van der Waals surface area (Å²) in [5.41, 5.74) is 9.03. The Morgan fingerprint density at radius 3 is 2.61 bits per heavy atom. The molecule has 0 spiro atoms. The number of benzene rings is 2. The molecule has 0 fully saturated rings. The van der Waals surface area contributed by atoms with E-state index in [0.717, 1.165) is 6.26 Å². The molecule has 4 N–H and O–H groups in total. The van der Waals surface area contributed by atoms with Crippen LogP contribution in [0.25, 0.3) is 33.3 Å². The van der Waals surface area contributed by atoms with Gasteiger partial charge in [0.1, 0.15) is 9.84 Å². The van der Waals surface area contributed by atoms with Crippen LogP contribution in [0.5, 0.6) is 0 Å². The van der Waals surface area contributed by atoms with Gasteiger partial charge in [-0.1, -0.05) is 12.1 Å². The zero-order valence-electron chi connectivity index (χ0n) is 17.0. The molecule has 0 atom stereocenters. The number of carbonyl (C=O) groups excluding carboxylic acids is 1. The van der Waals surface area contributed by atoms with E-state index in [2.05, 4.69) is 15.0 Å². The minimum absolute atomic E-state index is 0.0833. The molecule has 2 aromatic heterocycles. The molecular formula is C21H21N5O4S. The van der Waals surface area contributed by atoms with Gasteiger partial charge < -0.3 is 20.6 Å². The molecule has 2 aromatic carbocycles. The summed E-state index contributed by atoms with van der Waals surface area (Å²) in [6.07, 6.45) is 1.13. The average Bonchev–Trinajstić information content (AvgIpc) is 3.06. The first-order valence-electron chi connectivity index (χ1n) is 9.48. The number of nitrogens with two attached hydrogens (primary N) is 1. The minimum atomic E-state index is -3.18. The summed E-state index contributed by atoms with van der Waals surface area (Å²) in [5, 5.41) is 0.576. The summed E-state index contributed by atoms with van der Waals surface area (Å²) < 4.78 is 22.7. The lowest BCUT2D eigenvalue weighted by molar-refractivity contribution is 0.0803.